The highest BCUT2D eigenvalue weighted by Crippen LogP contribution is 2.23. The number of carbonyl (C=O) groups excluding carboxylic acids is 1. The Bertz CT molecular complexity index is 1010. The standard InChI is InChI=1S/C21H22ClN7O/c1-15-4-5-18(17(22)13-15)25-21(30)29-11-9-28(10-12-29)20-7-6-19(26-27-20)24-16-3-2-8-23-14-16/h2-8,13-14H,9-12H2,1H3,(H,24,26)(H,25,30). The van der Waals surface area contributed by atoms with Gasteiger partial charge in [-0.05, 0) is 48.9 Å². The number of hydrogen-bond donors (Lipinski definition) is 2. The lowest BCUT2D eigenvalue weighted by Gasteiger charge is -2.35. The normalized spacial score (nSPS) is 13.8. The van der Waals surface area contributed by atoms with Crippen molar-refractivity contribution in [2.75, 3.05) is 41.7 Å². The first-order chi connectivity index (χ1) is 14.6. The number of aryl methyl sites for hydroxylation is 1. The van der Waals surface area contributed by atoms with Gasteiger partial charge in [-0.2, -0.15) is 0 Å². The molecular weight excluding hydrogens is 402 g/mol. The Kier molecular flexibility index (Phi) is 5.94. The van der Waals surface area contributed by atoms with E-state index in [0.717, 1.165) is 17.1 Å². The molecule has 0 unspecified atom stereocenters. The number of anilines is 4. The Morgan fingerprint density at radius 3 is 2.57 bits per heavy atom. The minimum absolute atomic E-state index is 0.150. The second-order valence-electron chi connectivity index (χ2n) is 7.03. The van der Waals surface area contributed by atoms with E-state index in [0.29, 0.717) is 42.7 Å². The lowest BCUT2D eigenvalue weighted by atomic mass is 10.2. The number of nitrogens with zero attached hydrogens (tertiary/aromatic N) is 5. The quantitative estimate of drug-likeness (QED) is 0.661. The minimum atomic E-state index is -0.150. The van der Waals surface area contributed by atoms with E-state index in [1.165, 1.54) is 0 Å². The van der Waals surface area contributed by atoms with E-state index in [9.17, 15) is 4.79 Å². The molecule has 8 nitrogen and oxygen atoms in total. The van der Waals surface area contributed by atoms with E-state index in [4.69, 9.17) is 11.6 Å². The molecule has 0 spiro atoms. The van der Waals surface area contributed by atoms with Crippen molar-refractivity contribution in [2.24, 2.45) is 0 Å². The van der Waals surface area contributed by atoms with Crippen molar-refractivity contribution in [3.8, 4) is 0 Å². The number of carbonyl (C=O) groups is 1. The largest absolute Gasteiger partial charge is 0.352 e. The van der Waals surface area contributed by atoms with Gasteiger partial charge in [0.15, 0.2) is 11.6 Å². The van der Waals surface area contributed by atoms with Gasteiger partial charge in [-0.15, -0.1) is 10.2 Å². The molecule has 4 rings (SSSR count). The van der Waals surface area contributed by atoms with Gasteiger partial charge < -0.3 is 20.4 Å². The third-order valence-electron chi connectivity index (χ3n) is 4.84. The maximum atomic E-state index is 12.6. The van der Waals surface area contributed by atoms with Crippen LogP contribution in [0.2, 0.25) is 5.02 Å². The summed E-state index contributed by atoms with van der Waals surface area (Å²) in [5, 5.41) is 15.1. The zero-order valence-corrected chi connectivity index (χ0v) is 17.3. The number of rotatable bonds is 4. The van der Waals surface area contributed by atoms with Crippen LogP contribution in [-0.2, 0) is 0 Å². The Balaban J connectivity index is 1.31. The summed E-state index contributed by atoms with van der Waals surface area (Å²) in [5.41, 5.74) is 2.53. The number of pyridine rings is 1. The van der Waals surface area contributed by atoms with Crippen molar-refractivity contribution >= 4 is 40.6 Å². The van der Waals surface area contributed by atoms with Crippen LogP contribution in [0.25, 0.3) is 0 Å². The molecule has 154 valence electrons. The number of aromatic nitrogens is 3. The third kappa shape index (κ3) is 4.77. The highest BCUT2D eigenvalue weighted by atomic mass is 35.5. The molecule has 0 saturated carbocycles. The molecule has 2 aromatic heterocycles. The molecule has 0 aliphatic carbocycles. The van der Waals surface area contributed by atoms with Crippen LogP contribution in [-0.4, -0.2) is 52.3 Å². The molecular formula is C21H22ClN7O. The van der Waals surface area contributed by atoms with Crippen molar-refractivity contribution in [3.63, 3.8) is 0 Å². The van der Waals surface area contributed by atoms with Gasteiger partial charge in [-0.1, -0.05) is 17.7 Å². The fourth-order valence-corrected chi connectivity index (χ4v) is 3.48. The summed E-state index contributed by atoms with van der Waals surface area (Å²) in [4.78, 5) is 20.5. The van der Waals surface area contributed by atoms with E-state index in [1.807, 2.05) is 49.4 Å². The van der Waals surface area contributed by atoms with Crippen molar-refractivity contribution in [1.82, 2.24) is 20.1 Å². The average Bonchev–Trinajstić information content (AvgIpc) is 2.77. The second-order valence-corrected chi connectivity index (χ2v) is 7.44. The zero-order chi connectivity index (χ0) is 20.9. The predicted octanol–water partition coefficient (Wildman–Crippen LogP) is 3.93. The summed E-state index contributed by atoms with van der Waals surface area (Å²) in [7, 11) is 0. The summed E-state index contributed by atoms with van der Waals surface area (Å²) in [6, 6.07) is 13.0. The van der Waals surface area contributed by atoms with Crippen LogP contribution in [0.4, 0.5) is 27.8 Å². The molecule has 0 radical (unpaired) electrons. The highest BCUT2D eigenvalue weighted by Gasteiger charge is 2.22. The molecule has 9 heteroatoms. The molecule has 1 aromatic carbocycles. The first kappa shape index (κ1) is 19.9. The van der Waals surface area contributed by atoms with Gasteiger partial charge in [-0.3, -0.25) is 4.98 Å². The SMILES string of the molecule is Cc1ccc(NC(=O)N2CCN(c3ccc(Nc4cccnc4)nn3)CC2)c(Cl)c1. The number of piperazine rings is 1. The van der Waals surface area contributed by atoms with E-state index in [1.54, 1.807) is 17.3 Å². The first-order valence-electron chi connectivity index (χ1n) is 9.66. The van der Waals surface area contributed by atoms with Crippen molar-refractivity contribution in [3.05, 3.63) is 65.4 Å². The van der Waals surface area contributed by atoms with Gasteiger partial charge in [0.25, 0.3) is 0 Å². The molecule has 1 fully saturated rings. The summed E-state index contributed by atoms with van der Waals surface area (Å²) in [5.74, 6) is 1.44. The Morgan fingerprint density at radius 2 is 1.90 bits per heavy atom. The Morgan fingerprint density at radius 1 is 1.07 bits per heavy atom. The first-order valence-corrected chi connectivity index (χ1v) is 10.0. The van der Waals surface area contributed by atoms with Crippen LogP contribution in [0.5, 0.6) is 0 Å². The number of nitrogens with one attached hydrogen (secondary N) is 2. The van der Waals surface area contributed by atoms with Gasteiger partial charge in [-0.25, -0.2) is 4.79 Å². The van der Waals surface area contributed by atoms with Gasteiger partial charge in [0.1, 0.15) is 0 Å². The summed E-state index contributed by atoms with van der Waals surface area (Å²) >= 11 is 6.21. The van der Waals surface area contributed by atoms with Crippen molar-refractivity contribution in [1.29, 1.82) is 0 Å². The molecule has 0 bridgehead atoms. The number of urea groups is 1. The van der Waals surface area contributed by atoms with Gasteiger partial charge in [0.05, 0.1) is 22.6 Å². The van der Waals surface area contributed by atoms with Crippen molar-refractivity contribution < 1.29 is 4.79 Å². The van der Waals surface area contributed by atoms with E-state index >= 15 is 0 Å². The lowest BCUT2D eigenvalue weighted by molar-refractivity contribution is 0.208. The molecule has 1 aliphatic heterocycles. The summed E-state index contributed by atoms with van der Waals surface area (Å²) in [6.07, 6.45) is 3.44. The van der Waals surface area contributed by atoms with Crippen molar-refractivity contribution in [2.45, 2.75) is 6.92 Å². The average molecular weight is 424 g/mol. The highest BCUT2D eigenvalue weighted by molar-refractivity contribution is 6.33. The molecule has 30 heavy (non-hydrogen) atoms. The van der Waals surface area contributed by atoms with Crippen LogP contribution < -0.4 is 15.5 Å². The van der Waals surface area contributed by atoms with Gasteiger partial charge >= 0.3 is 6.03 Å². The van der Waals surface area contributed by atoms with Crippen LogP contribution >= 0.6 is 11.6 Å². The van der Waals surface area contributed by atoms with Crippen LogP contribution in [0, 0.1) is 6.92 Å². The fourth-order valence-electron chi connectivity index (χ4n) is 3.20. The molecule has 3 heterocycles. The molecule has 2 amide bonds. The number of hydrogen-bond acceptors (Lipinski definition) is 6. The van der Waals surface area contributed by atoms with E-state index in [2.05, 4.69) is 30.7 Å². The van der Waals surface area contributed by atoms with E-state index in [-0.39, 0.29) is 6.03 Å². The summed E-state index contributed by atoms with van der Waals surface area (Å²) in [6.45, 7) is 4.50. The smallest absolute Gasteiger partial charge is 0.322 e. The second kappa shape index (κ2) is 8.96. The van der Waals surface area contributed by atoms with Gasteiger partial charge in [0.2, 0.25) is 0 Å². The number of halogens is 1. The Labute approximate surface area is 179 Å². The third-order valence-corrected chi connectivity index (χ3v) is 5.15. The monoisotopic (exact) mass is 423 g/mol. The maximum Gasteiger partial charge on any atom is 0.322 e. The van der Waals surface area contributed by atoms with Crippen LogP contribution in [0.15, 0.2) is 54.9 Å². The molecule has 0 atom stereocenters. The van der Waals surface area contributed by atoms with Crippen LogP contribution in [0.1, 0.15) is 5.56 Å². The predicted molar refractivity (Wildman–Crippen MR) is 119 cm³/mol. The maximum absolute atomic E-state index is 12.6. The number of amides is 2. The van der Waals surface area contributed by atoms with E-state index < -0.39 is 0 Å². The molecule has 3 aromatic rings. The summed E-state index contributed by atoms with van der Waals surface area (Å²) < 4.78 is 0. The molecule has 2 N–H and O–H groups in total. The van der Waals surface area contributed by atoms with Crippen LogP contribution in [0.3, 0.4) is 0 Å². The molecule has 1 saturated heterocycles. The topological polar surface area (TPSA) is 86.3 Å². The lowest BCUT2D eigenvalue weighted by Crippen LogP contribution is -2.50. The minimum Gasteiger partial charge on any atom is -0.352 e. The Hall–Kier alpha value is -3.39. The zero-order valence-electron chi connectivity index (χ0n) is 16.5. The molecule has 1 aliphatic rings. The van der Waals surface area contributed by atoms with Gasteiger partial charge in [0, 0.05) is 32.4 Å². The number of benzene rings is 1. The fraction of sp³-hybridized carbons (Fsp3) is 0.238.